The molecule has 1 spiro atoms. The zero-order valence-corrected chi connectivity index (χ0v) is 16.2. The number of hydrogen-bond acceptors (Lipinski definition) is 4. The van der Waals surface area contributed by atoms with E-state index in [1.54, 1.807) is 6.20 Å². The van der Waals surface area contributed by atoms with Gasteiger partial charge in [-0.25, -0.2) is 4.98 Å². The zero-order valence-electron chi connectivity index (χ0n) is 16.2. The fourth-order valence-electron chi connectivity index (χ4n) is 5.59. The molecule has 2 aliphatic carbocycles. The second-order valence-corrected chi connectivity index (χ2v) is 8.83. The Morgan fingerprint density at radius 1 is 1.10 bits per heavy atom. The third-order valence-electron chi connectivity index (χ3n) is 7.16. The van der Waals surface area contributed by atoms with Crippen molar-refractivity contribution in [1.82, 2.24) is 9.97 Å². The highest BCUT2D eigenvalue weighted by Gasteiger charge is 2.51. The van der Waals surface area contributed by atoms with Gasteiger partial charge in [0.1, 0.15) is 5.82 Å². The largest absolute Gasteiger partial charge is 0.387 e. The first-order valence-electron chi connectivity index (χ1n) is 10.5. The third-order valence-corrected chi connectivity index (χ3v) is 7.16. The molecule has 3 aliphatic rings. The van der Waals surface area contributed by atoms with Gasteiger partial charge in [0.15, 0.2) is 0 Å². The van der Waals surface area contributed by atoms with Gasteiger partial charge in [0.2, 0.25) is 5.91 Å². The van der Waals surface area contributed by atoms with E-state index in [1.165, 1.54) is 24.0 Å². The number of carbonyl (C=O) groups excluding carboxylic acids is 1. The molecular weight excluding hydrogens is 362 g/mol. The van der Waals surface area contributed by atoms with E-state index in [1.807, 2.05) is 18.2 Å². The van der Waals surface area contributed by atoms with Crippen molar-refractivity contribution in [3.63, 3.8) is 0 Å². The molecule has 2 atom stereocenters. The highest BCUT2D eigenvalue weighted by molar-refractivity contribution is 6.06. The quantitative estimate of drug-likeness (QED) is 0.703. The molecule has 5 nitrogen and oxygen atoms in total. The maximum atomic E-state index is 12.9. The molecule has 0 bridgehead atoms. The number of aliphatic hydroxyl groups is 1. The number of fused-ring (bicyclic) bond motifs is 4. The lowest BCUT2D eigenvalue weighted by molar-refractivity contribution is -0.120. The summed E-state index contributed by atoms with van der Waals surface area (Å²) in [7, 11) is 0. The third kappa shape index (κ3) is 2.47. The van der Waals surface area contributed by atoms with Gasteiger partial charge in [-0.2, -0.15) is 0 Å². The Morgan fingerprint density at radius 3 is 2.72 bits per heavy atom. The number of nitrogens with zero attached hydrogens (tertiary/aromatic N) is 2. The standard InChI is InChI=1S/C24H23N3O2/c28-21(14-4-1-2-5-14)19-8-7-15-10-16-12-24(13-17(16)11-20(15)26-19)18-6-3-9-25-22(18)27-23(24)29/h3,6-11,14,21,28H,1-2,4-5,12-13H2,(H,25,27,29). The lowest BCUT2D eigenvalue weighted by Gasteiger charge is -2.20. The van der Waals surface area contributed by atoms with Crippen LogP contribution in [0, 0.1) is 5.92 Å². The number of hydrogen-bond donors (Lipinski definition) is 2. The van der Waals surface area contributed by atoms with Crippen LogP contribution in [0.4, 0.5) is 5.82 Å². The molecule has 0 radical (unpaired) electrons. The predicted octanol–water partition coefficient (Wildman–Crippen LogP) is 3.84. The maximum Gasteiger partial charge on any atom is 0.237 e. The molecule has 1 saturated carbocycles. The average Bonchev–Trinajstić information content (AvgIpc) is 3.45. The summed E-state index contributed by atoms with van der Waals surface area (Å²) in [6, 6.07) is 12.2. The van der Waals surface area contributed by atoms with Crippen LogP contribution in [0.1, 0.15) is 54.2 Å². The molecular formula is C24H23N3O2. The minimum Gasteiger partial charge on any atom is -0.387 e. The van der Waals surface area contributed by atoms with Crippen molar-refractivity contribution >= 4 is 22.6 Å². The van der Waals surface area contributed by atoms with E-state index in [0.29, 0.717) is 24.6 Å². The van der Waals surface area contributed by atoms with E-state index in [0.717, 1.165) is 35.0 Å². The summed E-state index contributed by atoms with van der Waals surface area (Å²) in [5, 5.41) is 14.8. The van der Waals surface area contributed by atoms with E-state index >= 15 is 0 Å². The molecule has 2 unspecified atom stereocenters. The smallest absolute Gasteiger partial charge is 0.237 e. The minimum absolute atomic E-state index is 0.0387. The Bertz CT molecular complexity index is 1150. The molecule has 1 amide bonds. The summed E-state index contributed by atoms with van der Waals surface area (Å²) >= 11 is 0. The number of rotatable bonds is 2. The van der Waals surface area contributed by atoms with Gasteiger partial charge in [0.25, 0.3) is 0 Å². The number of amides is 1. The summed E-state index contributed by atoms with van der Waals surface area (Å²) in [4.78, 5) is 22.1. The van der Waals surface area contributed by atoms with Gasteiger partial charge in [0, 0.05) is 17.1 Å². The van der Waals surface area contributed by atoms with Crippen LogP contribution in [0.3, 0.4) is 0 Å². The first kappa shape index (κ1) is 17.1. The number of carbonyl (C=O) groups is 1. The molecule has 29 heavy (non-hydrogen) atoms. The molecule has 3 aromatic rings. The summed E-state index contributed by atoms with van der Waals surface area (Å²) in [5.41, 5.74) is 4.48. The number of anilines is 1. The first-order valence-corrected chi connectivity index (χ1v) is 10.5. The summed E-state index contributed by atoms with van der Waals surface area (Å²) in [6.07, 6.45) is 7.14. The molecule has 1 aromatic carbocycles. The van der Waals surface area contributed by atoms with Crippen molar-refractivity contribution < 1.29 is 9.90 Å². The molecule has 1 aliphatic heterocycles. The molecule has 2 aromatic heterocycles. The van der Waals surface area contributed by atoms with Crippen LogP contribution in [0.5, 0.6) is 0 Å². The SMILES string of the molecule is O=C1Nc2ncccc2C12Cc1cc3ccc(C(O)C4CCCC4)nc3cc1C2. The predicted molar refractivity (Wildman–Crippen MR) is 111 cm³/mol. The molecule has 6 rings (SSSR count). The van der Waals surface area contributed by atoms with Crippen LogP contribution in [0.25, 0.3) is 10.9 Å². The Hall–Kier alpha value is -2.79. The number of benzene rings is 1. The fourth-order valence-corrected chi connectivity index (χ4v) is 5.59. The van der Waals surface area contributed by atoms with Crippen molar-refractivity contribution in [3.05, 3.63) is 65.0 Å². The topological polar surface area (TPSA) is 75.1 Å². The van der Waals surface area contributed by atoms with Gasteiger partial charge in [-0.05, 0) is 67.0 Å². The Morgan fingerprint density at radius 2 is 1.90 bits per heavy atom. The first-order chi connectivity index (χ1) is 14.1. The van der Waals surface area contributed by atoms with Crippen molar-refractivity contribution in [2.45, 2.75) is 50.0 Å². The molecule has 3 heterocycles. The average molecular weight is 385 g/mol. The van der Waals surface area contributed by atoms with Crippen LogP contribution < -0.4 is 5.32 Å². The van der Waals surface area contributed by atoms with Gasteiger partial charge in [-0.3, -0.25) is 9.78 Å². The van der Waals surface area contributed by atoms with Gasteiger partial charge in [-0.1, -0.05) is 25.0 Å². The Balaban J connectivity index is 1.39. The van der Waals surface area contributed by atoms with Crippen LogP contribution in [-0.2, 0) is 23.1 Å². The molecule has 5 heteroatoms. The van der Waals surface area contributed by atoms with Crippen molar-refractivity contribution in [2.75, 3.05) is 5.32 Å². The van der Waals surface area contributed by atoms with Gasteiger partial charge in [-0.15, -0.1) is 0 Å². The number of nitrogens with one attached hydrogen (secondary N) is 1. The fraction of sp³-hybridized carbons (Fsp3) is 0.375. The van der Waals surface area contributed by atoms with E-state index in [-0.39, 0.29) is 5.91 Å². The summed E-state index contributed by atoms with van der Waals surface area (Å²) in [6.45, 7) is 0. The number of aromatic nitrogens is 2. The summed E-state index contributed by atoms with van der Waals surface area (Å²) < 4.78 is 0. The van der Waals surface area contributed by atoms with Crippen molar-refractivity contribution in [3.8, 4) is 0 Å². The molecule has 2 N–H and O–H groups in total. The summed E-state index contributed by atoms with van der Waals surface area (Å²) in [5.74, 6) is 1.05. The van der Waals surface area contributed by atoms with E-state index < -0.39 is 11.5 Å². The zero-order chi connectivity index (χ0) is 19.6. The second-order valence-electron chi connectivity index (χ2n) is 8.83. The van der Waals surface area contributed by atoms with Gasteiger partial charge in [0.05, 0.1) is 22.7 Å². The van der Waals surface area contributed by atoms with Crippen molar-refractivity contribution in [1.29, 1.82) is 0 Å². The minimum atomic E-state index is -0.560. The lowest BCUT2D eigenvalue weighted by Crippen LogP contribution is -2.35. The van der Waals surface area contributed by atoms with Crippen LogP contribution in [0.15, 0.2) is 42.6 Å². The molecule has 146 valence electrons. The lowest BCUT2D eigenvalue weighted by atomic mass is 9.79. The van der Waals surface area contributed by atoms with Gasteiger partial charge < -0.3 is 10.4 Å². The molecule has 1 fully saturated rings. The monoisotopic (exact) mass is 385 g/mol. The van der Waals surface area contributed by atoms with E-state index in [4.69, 9.17) is 4.98 Å². The number of aliphatic hydroxyl groups excluding tert-OH is 1. The van der Waals surface area contributed by atoms with Crippen LogP contribution in [-0.4, -0.2) is 21.0 Å². The Labute approximate surface area is 169 Å². The molecule has 0 saturated heterocycles. The van der Waals surface area contributed by atoms with Crippen LogP contribution in [0.2, 0.25) is 0 Å². The Kier molecular flexibility index (Phi) is 3.60. The maximum absolute atomic E-state index is 12.9. The number of pyridine rings is 2. The normalized spacial score (nSPS) is 24.1. The van der Waals surface area contributed by atoms with Gasteiger partial charge >= 0.3 is 0 Å². The van der Waals surface area contributed by atoms with Crippen molar-refractivity contribution in [2.24, 2.45) is 5.92 Å². The van der Waals surface area contributed by atoms with E-state index in [2.05, 4.69) is 28.5 Å². The van der Waals surface area contributed by atoms with Crippen LogP contribution >= 0.6 is 0 Å². The van der Waals surface area contributed by atoms with E-state index in [9.17, 15) is 9.90 Å². The highest BCUT2D eigenvalue weighted by atomic mass is 16.3. The highest BCUT2D eigenvalue weighted by Crippen LogP contribution is 2.47. The second kappa shape index (κ2) is 6.10.